The predicted octanol–water partition coefficient (Wildman–Crippen LogP) is 9.65. The maximum Gasteiger partial charge on any atom is 2.00 e. The van der Waals surface area contributed by atoms with Crippen molar-refractivity contribution in [3.63, 3.8) is 0 Å². The topological polar surface area (TPSA) is 0 Å². The molecule has 10 radical (unpaired) electrons. The number of hydrogen-bond acceptors (Lipinski definition) is 0. The third kappa shape index (κ3) is 24.4. The Labute approximate surface area is 297 Å². The second-order valence-electron chi connectivity index (χ2n) is 10.1. The van der Waals surface area contributed by atoms with Crippen molar-refractivity contribution in [2.24, 2.45) is 10.8 Å². The summed E-state index contributed by atoms with van der Waals surface area (Å²) in [6.45, 7) is 11.7. The first kappa shape index (κ1) is 51.1. The van der Waals surface area contributed by atoms with Gasteiger partial charge in [0, 0.05) is 0 Å². The minimum absolute atomic E-state index is 0. The van der Waals surface area contributed by atoms with Crippen LogP contribution < -0.4 is 0 Å². The molecule has 0 atom stereocenters. The first-order valence-electron chi connectivity index (χ1n) is 12.2. The Balaban J connectivity index is -0.000000236. The van der Waals surface area contributed by atoms with Crippen molar-refractivity contribution in [3.8, 4) is 11.8 Å². The van der Waals surface area contributed by atoms with E-state index >= 15 is 0 Å². The molecule has 2 fully saturated rings. The Hall–Kier alpha value is -1.74. The Kier molecular flexibility index (Phi) is 29.2. The fraction of sp³-hybridized carbons (Fsp3) is 0.235. The van der Waals surface area contributed by atoms with E-state index in [1.54, 1.807) is 0 Å². The molecule has 2 aliphatic carbocycles. The number of halogens is 10. The van der Waals surface area contributed by atoms with Crippen LogP contribution in [0.15, 0.2) is 0 Å². The standard InChI is InChI=1S/2C6F5.2C6H9.2C5H5.Pt.Ti/c2*7-2-1-3(8)5(10)6(11)4(2)9;2*1-5-6(2,3)4;2*1-2-4-5-3-1;;/h;;2*2-4H3;2*1-5H;;/q4*-1;;;2*+2. The molecule has 0 saturated heterocycles. The molecule has 0 heterocycles. The largest absolute Gasteiger partial charge is 2.00 e. The van der Waals surface area contributed by atoms with Crippen molar-refractivity contribution in [1.29, 1.82) is 0 Å². The van der Waals surface area contributed by atoms with Gasteiger partial charge in [0.1, 0.15) is 0 Å². The van der Waals surface area contributed by atoms with Crippen LogP contribution in [-0.2, 0) is 42.8 Å². The molecule has 0 amide bonds. The van der Waals surface area contributed by atoms with Crippen LogP contribution in [0.5, 0.6) is 0 Å². The fourth-order valence-corrected chi connectivity index (χ4v) is 1.63. The normalized spacial score (nSPS) is 12.8. The summed E-state index contributed by atoms with van der Waals surface area (Å²) in [6.07, 6.45) is 33.2. The first-order valence-corrected chi connectivity index (χ1v) is 12.2. The Morgan fingerprint density at radius 2 is 0.543 bits per heavy atom. The molecular formula is C34H28F10PtTi. The SMILES string of the molecule is Fc1[c-]c(F)c(F)c(F)c1F.Fc1[c-]c(F)c(F)c(F)c1F.[C-]#CC(C)(C)C.[C-]#CC(C)(C)C.[CH]1[CH][CH][CH][CH]1.[CH]1[CH][CH][CH][CH]1.[Pt+2].[Ti+2]. The van der Waals surface area contributed by atoms with E-state index in [-0.39, 0.29) is 53.6 Å². The summed E-state index contributed by atoms with van der Waals surface area (Å²) in [6, 6.07) is 2.05. The number of rotatable bonds is 0. The van der Waals surface area contributed by atoms with E-state index in [1.165, 1.54) is 0 Å². The predicted molar refractivity (Wildman–Crippen MR) is 146 cm³/mol. The van der Waals surface area contributed by atoms with E-state index in [1.807, 2.05) is 106 Å². The summed E-state index contributed by atoms with van der Waals surface area (Å²) < 4.78 is 120. The summed E-state index contributed by atoms with van der Waals surface area (Å²) in [4.78, 5) is 0. The quantitative estimate of drug-likeness (QED) is 0.0619. The Morgan fingerprint density at radius 1 is 0.413 bits per heavy atom. The first-order chi connectivity index (χ1) is 20.2. The summed E-state index contributed by atoms with van der Waals surface area (Å²) >= 11 is 0. The van der Waals surface area contributed by atoms with E-state index in [9.17, 15) is 43.9 Å². The zero-order valence-corrected chi connectivity index (χ0v) is 29.2. The van der Waals surface area contributed by atoms with Crippen LogP contribution in [0.4, 0.5) is 43.9 Å². The van der Waals surface area contributed by atoms with Crippen molar-refractivity contribution in [3.05, 3.63) is 147 Å². The van der Waals surface area contributed by atoms with Crippen molar-refractivity contribution in [2.75, 3.05) is 0 Å². The zero-order chi connectivity index (χ0) is 34.7. The smallest absolute Gasteiger partial charge is 0.693 e. The molecule has 0 aliphatic heterocycles. The van der Waals surface area contributed by atoms with Crippen LogP contribution in [0, 0.1) is 170 Å². The fourth-order valence-electron chi connectivity index (χ4n) is 1.63. The molecule has 248 valence electrons. The monoisotopic (exact) mass is 869 g/mol. The van der Waals surface area contributed by atoms with Crippen molar-refractivity contribution in [1.82, 2.24) is 0 Å². The van der Waals surface area contributed by atoms with Crippen molar-refractivity contribution < 1.29 is 86.7 Å². The molecule has 46 heavy (non-hydrogen) atoms. The molecule has 2 aromatic carbocycles. The summed E-state index contributed by atoms with van der Waals surface area (Å²) in [5, 5.41) is 0. The number of benzene rings is 2. The van der Waals surface area contributed by atoms with Gasteiger partial charge in [0.15, 0.2) is 0 Å². The van der Waals surface area contributed by atoms with Gasteiger partial charge in [-0.1, -0.05) is 41.5 Å². The molecule has 12 heteroatoms. The van der Waals surface area contributed by atoms with Crippen LogP contribution in [0.1, 0.15) is 41.5 Å². The average Bonchev–Trinajstić information content (AvgIpc) is 3.73. The minimum atomic E-state index is -2.17. The van der Waals surface area contributed by atoms with Crippen LogP contribution in [0.2, 0.25) is 0 Å². The van der Waals surface area contributed by atoms with Gasteiger partial charge >= 0.3 is 42.8 Å². The van der Waals surface area contributed by atoms with Gasteiger partial charge in [-0.25, -0.2) is 26.3 Å². The second kappa shape index (κ2) is 26.2. The van der Waals surface area contributed by atoms with Gasteiger partial charge in [-0.3, -0.25) is 17.6 Å². The van der Waals surface area contributed by atoms with Crippen molar-refractivity contribution >= 4 is 0 Å². The molecule has 0 bridgehead atoms. The van der Waals surface area contributed by atoms with E-state index in [2.05, 4.69) is 11.8 Å². The molecular weight excluding hydrogens is 841 g/mol. The molecule has 0 unspecified atom stereocenters. The summed E-state index contributed by atoms with van der Waals surface area (Å²) in [7, 11) is 0. The van der Waals surface area contributed by atoms with Crippen molar-refractivity contribution in [2.45, 2.75) is 41.5 Å². The maximum atomic E-state index is 12.0. The van der Waals surface area contributed by atoms with Gasteiger partial charge < -0.3 is 24.7 Å². The van der Waals surface area contributed by atoms with Gasteiger partial charge in [-0.15, -0.1) is 12.1 Å². The molecule has 0 N–H and O–H groups in total. The third-order valence-corrected chi connectivity index (χ3v) is 3.84. The molecule has 0 aromatic heterocycles. The van der Waals surface area contributed by atoms with Crippen LogP contribution in [0.25, 0.3) is 0 Å². The summed E-state index contributed by atoms with van der Waals surface area (Å²) in [5.41, 5.74) is -0.0833. The summed E-state index contributed by atoms with van der Waals surface area (Å²) in [5.74, 6) is -15.4. The molecule has 0 nitrogen and oxygen atoms in total. The van der Waals surface area contributed by atoms with Gasteiger partial charge in [0.05, 0.1) is 58.2 Å². The van der Waals surface area contributed by atoms with Gasteiger partial charge in [0.2, 0.25) is 0 Å². The zero-order valence-electron chi connectivity index (χ0n) is 25.4. The molecule has 2 aliphatic rings. The van der Waals surface area contributed by atoms with Gasteiger partial charge in [-0.05, 0) is 75.0 Å². The maximum absolute atomic E-state index is 12.0. The molecule has 2 aromatic rings. The molecule has 0 spiro atoms. The van der Waals surface area contributed by atoms with E-state index in [0.717, 1.165) is 12.1 Å². The Morgan fingerprint density at radius 3 is 0.652 bits per heavy atom. The van der Waals surface area contributed by atoms with Gasteiger partial charge in [0.25, 0.3) is 0 Å². The van der Waals surface area contributed by atoms with Gasteiger partial charge in [-0.2, -0.15) is 0 Å². The molecule has 4 rings (SSSR count). The number of hydrogen-bond donors (Lipinski definition) is 0. The Bertz CT molecular complexity index is 1050. The van der Waals surface area contributed by atoms with E-state index in [4.69, 9.17) is 12.8 Å². The van der Waals surface area contributed by atoms with Crippen LogP contribution in [-0.4, -0.2) is 0 Å². The van der Waals surface area contributed by atoms with E-state index < -0.39 is 58.2 Å². The van der Waals surface area contributed by atoms with E-state index in [0.29, 0.717) is 0 Å². The average molecular weight is 870 g/mol. The minimum Gasteiger partial charge on any atom is -0.693 e. The third-order valence-electron chi connectivity index (χ3n) is 3.84. The van der Waals surface area contributed by atoms with Crippen LogP contribution >= 0.6 is 0 Å². The van der Waals surface area contributed by atoms with Crippen LogP contribution in [0.3, 0.4) is 0 Å². The second-order valence-corrected chi connectivity index (χ2v) is 10.1. The molecule has 2 saturated carbocycles.